The van der Waals surface area contributed by atoms with E-state index in [1.807, 2.05) is 18.2 Å². The lowest BCUT2D eigenvalue weighted by atomic mass is 9.65. The molecule has 2 aliphatic heterocycles. The van der Waals surface area contributed by atoms with E-state index in [1.54, 1.807) is 6.07 Å². The molecule has 6 nitrogen and oxygen atoms in total. The lowest BCUT2D eigenvalue weighted by molar-refractivity contribution is 0.0576. The van der Waals surface area contributed by atoms with Gasteiger partial charge in [-0.2, -0.15) is 0 Å². The highest BCUT2D eigenvalue weighted by Crippen LogP contribution is 2.45. The van der Waals surface area contributed by atoms with Crippen LogP contribution in [0.4, 0.5) is 5.69 Å². The fraction of sp³-hybridized carbons (Fsp3) is 0.594. The topological polar surface area (TPSA) is 78.9 Å². The fourth-order valence-electron chi connectivity index (χ4n) is 6.89. The van der Waals surface area contributed by atoms with Crippen molar-refractivity contribution >= 4 is 34.2 Å². The second-order valence-electron chi connectivity index (χ2n) is 12.1. The molecule has 6 unspecified atom stereocenters. The van der Waals surface area contributed by atoms with Crippen LogP contribution in [0.1, 0.15) is 79.8 Å². The van der Waals surface area contributed by atoms with E-state index in [0.29, 0.717) is 35.7 Å². The average molecular weight is 587 g/mol. The predicted molar refractivity (Wildman–Crippen MR) is 163 cm³/mol. The highest BCUT2D eigenvalue weighted by molar-refractivity contribution is 7.83. The van der Waals surface area contributed by atoms with Gasteiger partial charge < -0.3 is 14.7 Å². The summed E-state index contributed by atoms with van der Waals surface area (Å²) in [7, 11) is -1.44. The van der Waals surface area contributed by atoms with Gasteiger partial charge >= 0.3 is 0 Å². The molecule has 2 heterocycles. The van der Waals surface area contributed by atoms with Gasteiger partial charge in [-0.05, 0) is 97.2 Å². The third-order valence-corrected chi connectivity index (χ3v) is 10.7. The van der Waals surface area contributed by atoms with Gasteiger partial charge in [-0.15, -0.1) is 0 Å². The Morgan fingerprint density at radius 3 is 2.73 bits per heavy atom. The van der Waals surface area contributed by atoms with Gasteiger partial charge in [0.25, 0.3) is 5.91 Å². The van der Waals surface area contributed by atoms with Crippen LogP contribution in [-0.2, 0) is 17.4 Å². The lowest BCUT2D eigenvalue weighted by Gasteiger charge is -2.44. The van der Waals surface area contributed by atoms with Gasteiger partial charge in [-0.3, -0.25) is 9.52 Å². The van der Waals surface area contributed by atoms with Crippen molar-refractivity contribution < 1.29 is 18.8 Å². The first-order valence-corrected chi connectivity index (χ1v) is 16.7. The van der Waals surface area contributed by atoms with Crippen LogP contribution in [0, 0.1) is 23.7 Å². The maximum atomic E-state index is 13.1. The van der Waals surface area contributed by atoms with Crippen LogP contribution in [0.3, 0.4) is 0 Å². The summed E-state index contributed by atoms with van der Waals surface area (Å²) in [6.45, 7) is 6.67. The Bertz CT molecular complexity index is 1220. The molecule has 1 fully saturated rings. The number of carbonyl (C=O) groups excluding carboxylic acids is 1. The number of rotatable bonds is 4. The SMILES string of the molecule is CCCc1cc(Cl)ccc1C1COc2ccc3cc2N(C1)CC1CCC1C(CO)CCCC(C)CS(=O)NC3=O. The molecule has 5 rings (SSSR count). The van der Waals surface area contributed by atoms with Crippen molar-refractivity contribution in [1.82, 2.24) is 4.72 Å². The summed E-state index contributed by atoms with van der Waals surface area (Å²) in [6.07, 6.45) is 7.23. The molecule has 0 saturated heterocycles. The molecule has 40 heavy (non-hydrogen) atoms. The number of aliphatic hydroxyl groups excluding tert-OH is 1. The van der Waals surface area contributed by atoms with E-state index in [9.17, 15) is 14.1 Å². The maximum Gasteiger partial charge on any atom is 0.263 e. The molecule has 2 aromatic carbocycles. The molecule has 218 valence electrons. The summed E-state index contributed by atoms with van der Waals surface area (Å²) in [5, 5.41) is 11.1. The first-order valence-electron chi connectivity index (χ1n) is 15.0. The highest BCUT2D eigenvalue weighted by Gasteiger charge is 2.39. The molecule has 0 radical (unpaired) electrons. The first kappa shape index (κ1) is 29.4. The number of carbonyl (C=O) groups is 1. The summed E-state index contributed by atoms with van der Waals surface area (Å²) >= 11 is 6.39. The molecule has 0 aromatic heterocycles. The zero-order valence-corrected chi connectivity index (χ0v) is 25.3. The van der Waals surface area contributed by atoms with Gasteiger partial charge in [0.05, 0.1) is 12.3 Å². The second kappa shape index (κ2) is 13.3. The van der Waals surface area contributed by atoms with Crippen LogP contribution >= 0.6 is 11.6 Å². The number of benzene rings is 2. The number of nitrogens with zero attached hydrogens (tertiary/aromatic N) is 1. The Balaban J connectivity index is 1.50. The summed E-state index contributed by atoms with van der Waals surface area (Å²) in [4.78, 5) is 15.5. The molecule has 6 atom stereocenters. The van der Waals surface area contributed by atoms with Crippen molar-refractivity contribution in [2.45, 2.75) is 64.7 Å². The van der Waals surface area contributed by atoms with Crippen molar-refractivity contribution in [3.8, 4) is 5.75 Å². The molecule has 1 aliphatic carbocycles. The minimum Gasteiger partial charge on any atom is -0.491 e. The molecular weight excluding hydrogens is 544 g/mol. The van der Waals surface area contributed by atoms with Gasteiger partial charge in [0.15, 0.2) is 0 Å². The number of hydrogen-bond donors (Lipinski definition) is 2. The molecule has 1 saturated carbocycles. The molecule has 3 aliphatic rings. The van der Waals surface area contributed by atoms with E-state index in [0.717, 1.165) is 74.5 Å². The van der Waals surface area contributed by atoms with E-state index in [-0.39, 0.29) is 24.3 Å². The van der Waals surface area contributed by atoms with E-state index < -0.39 is 11.0 Å². The smallest absolute Gasteiger partial charge is 0.263 e. The molecule has 8 heteroatoms. The van der Waals surface area contributed by atoms with Crippen molar-refractivity contribution in [3.05, 3.63) is 58.1 Å². The third kappa shape index (κ3) is 6.69. The third-order valence-electron chi connectivity index (χ3n) is 9.19. The number of hydrogen-bond acceptors (Lipinski definition) is 5. The van der Waals surface area contributed by atoms with E-state index in [2.05, 4.69) is 35.6 Å². The number of fused-ring (bicyclic) bond motifs is 2. The number of nitrogens with one attached hydrogen (secondary N) is 1. The maximum absolute atomic E-state index is 13.1. The molecule has 2 aromatic rings. The normalized spacial score (nSPS) is 29.4. The Hall–Kier alpha value is -2.09. The van der Waals surface area contributed by atoms with Crippen LogP contribution in [0.5, 0.6) is 5.75 Å². The Kier molecular flexibility index (Phi) is 9.75. The quantitative estimate of drug-likeness (QED) is 0.451. The number of aliphatic hydroxyl groups is 1. The molecule has 1 amide bonds. The lowest BCUT2D eigenvalue weighted by Crippen LogP contribution is -2.43. The van der Waals surface area contributed by atoms with Gasteiger partial charge in [0, 0.05) is 42.0 Å². The van der Waals surface area contributed by atoms with Crippen LogP contribution in [-0.4, -0.2) is 47.3 Å². The van der Waals surface area contributed by atoms with Crippen molar-refractivity contribution in [3.63, 3.8) is 0 Å². The summed E-state index contributed by atoms with van der Waals surface area (Å²) in [6, 6.07) is 11.8. The van der Waals surface area contributed by atoms with Crippen molar-refractivity contribution in [2.75, 3.05) is 37.0 Å². The van der Waals surface area contributed by atoms with Crippen molar-refractivity contribution in [2.24, 2.45) is 23.7 Å². The number of anilines is 1. The van der Waals surface area contributed by atoms with Crippen LogP contribution < -0.4 is 14.4 Å². The standard InChI is InChI=1S/C32H43ClN2O4S/c1-3-5-22-14-27(33)10-12-28(22)26-17-35-16-24-8-11-29(24)25(18-36)7-4-6-21(2)20-40(38)34-32(37)23-9-13-31(39-19-26)30(35)15-23/h9-10,12-15,21,24-26,29,36H,3-8,11,16-20H2,1-2H3,(H,34,37). The fourth-order valence-corrected chi connectivity index (χ4v) is 8.18. The molecule has 2 bridgehead atoms. The number of ether oxygens (including phenoxy) is 1. The summed E-state index contributed by atoms with van der Waals surface area (Å²) in [5.41, 5.74) is 3.95. The summed E-state index contributed by atoms with van der Waals surface area (Å²) in [5.74, 6) is 2.55. The Morgan fingerprint density at radius 2 is 1.98 bits per heavy atom. The van der Waals surface area contributed by atoms with Gasteiger partial charge in [0.1, 0.15) is 16.7 Å². The Labute approximate surface area is 246 Å². The zero-order valence-electron chi connectivity index (χ0n) is 23.7. The zero-order chi connectivity index (χ0) is 28.2. The second-order valence-corrected chi connectivity index (χ2v) is 13.8. The minimum absolute atomic E-state index is 0.148. The minimum atomic E-state index is -1.44. The monoisotopic (exact) mass is 586 g/mol. The number of amides is 1. The van der Waals surface area contributed by atoms with Crippen LogP contribution in [0.25, 0.3) is 0 Å². The number of halogens is 1. The highest BCUT2D eigenvalue weighted by atomic mass is 35.5. The summed E-state index contributed by atoms with van der Waals surface area (Å²) < 4.78 is 21.9. The number of aryl methyl sites for hydroxylation is 1. The Morgan fingerprint density at radius 1 is 1.12 bits per heavy atom. The predicted octanol–water partition coefficient (Wildman–Crippen LogP) is 6.12. The van der Waals surface area contributed by atoms with Crippen molar-refractivity contribution in [1.29, 1.82) is 0 Å². The van der Waals surface area contributed by atoms with Gasteiger partial charge in [-0.1, -0.05) is 44.4 Å². The van der Waals surface area contributed by atoms with Crippen LogP contribution in [0.15, 0.2) is 36.4 Å². The van der Waals surface area contributed by atoms with Gasteiger partial charge in [-0.25, -0.2) is 4.21 Å². The largest absolute Gasteiger partial charge is 0.491 e. The molecular formula is C32H43ClN2O4S. The van der Waals surface area contributed by atoms with E-state index in [4.69, 9.17) is 16.3 Å². The average Bonchev–Trinajstić information content (AvgIpc) is 3.09. The van der Waals surface area contributed by atoms with E-state index in [1.165, 1.54) is 11.1 Å². The van der Waals surface area contributed by atoms with Gasteiger partial charge in [0.2, 0.25) is 0 Å². The molecule has 2 N–H and O–H groups in total. The molecule has 0 spiro atoms. The van der Waals surface area contributed by atoms with Crippen LogP contribution in [0.2, 0.25) is 5.02 Å². The first-order chi connectivity index (χ1) is 19.4. The van der Waals surface area contributed by atoms with E-state index >= 15 is 0 Å².